The van der Waals surface area contributed by atoms with E-state index in [0.29, 0.717) is 58.1 Å². The molecule has 1 amide bonds. The summed E-state index contributed by atoms with van der Waals surface area (Å²) in [7, 11) is 4.74. The van der Waals surface area contributed by atoms with Crippen LogP contribution in [0.1, 0.15) is 25.5 Å². The number of aromatic nitrogens is 3. The van der Waals surface area contributed by atoms with Gasteiger partial charge >= 0.3 is 0 Å². The van der Waals surface area contributed by atoms with Gasteiger partial charge in [-0.15, -0.1) is 5.10 Å². The van der Waals surface area contributed by atoms with Gasteiger partial charge in [0.1, 0.15) is 29.0 Å². The highest BCUT2D eigenvalue weighted by atomic mass is 16.5. The molecule has 1 aliphatic rings. The number of fused-ring (bicyclic) bond motifs is 1. The summed E-state index contributed by atoms with van der Waals surface area (Å²) in [6.07, 6.45) is 0. The van der Waals surface area contributed by atoms with Crippen LogP contribution in [0.5, 0.6) is 23.0 Å². The molecule has 1 unspecified atom stereocenters. The monoisotopic (exact) mass is 541 g/mol. The third kappa shape index (κ3) is 5.03. The molecule has 1 aliphatic heterocycles. The van der Waals surface area contributed by atoms with Crippen molar-refractivity contribution < 1.29 is 23.7 Å². The van der Waals surface area contributed by atoms with E-state index in [1.807, 2.05) is 68.4 Å². The van der Waals surface area contributed by atoms with Gasteiger partial charge in [0, 0.05) is 16.8 Å². The molecule has 0 fully saturated rings. The van der Waals surface area contributed by atoms with Crippen LogP contribution >= 0.6 is 0 Å². The van der Waals surface area contributed by atoms with Crippen molar-refractivity contribution in [2.24, 2.45) is 0 Å². The van der Waals surface area contributed by atoms with Crippen molar-refractivity contribution in [1.82, 2.24) is 14.8 Å². The highest BCUT2D eigenvalue weighted by Gasteiger charge is 2.36. The van der Waals surface area contributed by atoms with Crippen molar-refractivity contribution in [2.45, 2.75) is 19.9 Å². The van der Waals surface area contributed by atoms with Crippen molar-refractivity contribution in [3.8, 4) is 34.4 Å². The van der Waals surface area contributed by atoms with Crippen LogP contribution < -0.4 is 29.6 Å². The number of allylic oxidation sites excluding steroid dienone is 1. The van der Waals surface area contributed by atoms with Crippen molar-refractivity contribution in [1.29, 1.82) is 0 Å². The normalized spacial score (nSPS) is 14.2. The van der Waals surface area contributed by atoms with E-state index in [0.717, 1.165) is 11.3 Å². The van der Waals surface area contributed by atoms with Gasteiger partial charge in [0.2, 0.25) is 5.95 Å². The van der Waals surface area contributed by atoms with Crippen LogP contribution in [0.4, 0.5) is 11.6 Å². The van der Waals surface area contributed by atoms with E-state index in [1.54, 1.807) is 38.1 Å². The molecular formula is C30H31N5O5. The fourth-order valence-electron chi connectivity index (χ4n) is 4.71. The number of carbonyl (C=O) groups excluding carboxylic acids is 1. The van der Waals surface area contributed by atoms with Crippen molar-refractivity contribution >= 4 is 17.5 Å². The van der Waals surface area contributed by atoms with Gasteiger partial charge in [0.25, 0.3) is 5.91 Å². The van der Waals surface area contributed by atoms with Crippen LogP contribution in [-0.4, -0.2) is 48.6 Å². The number of nitrogens with one attached hydrogen (secondary N) is 2. The zero-order valence-corrected chi connectivity index (χ0v) is 23.0. The number of amides is 1. The SMILES string of the molecule is CCOc1ccc(-c2nc3n(n2)C(c2cc(OC)ccc2OC)C(C(=O)Nc2ccccc2OC)=C(C)N3)cc1. The van der Waals surface area contributed by atoms with E-state index in [4.69, 9.17) is 29.0 Å². The summed E-state index contributed by atoms with van der Waals surface area (Å²) in [4.78, 5) is 18.7. The predicted octanol–water partition coefficient (Wildman–Crippen LogP) is 5.30. The molecule has 5 rings (SSSR count). The molecule has 1 aromatic heterocycles. The first-order valence-electron chi connectivity index (χ1n) is 12.8. The Kier molecular flexibility index (Phi) is 7.59. The Hall–Kier alpha value is -4.99. The largest absolute Gasteiger partial charge is 0.497 e. The topological polar surface area (TPSA) is 109 Å². The molecule has 206 valence electrons. The Labute approximate surface area is 232 Å². The number of hydrogen-bond acceptors (Lipinski definition) is 8. The molecule has 10 nitrogen and oxygen atoms in total. The summed E-state index contributed by atoms with van der Waals surface area (Å²) < 4.78 is 24.0. The zero-order chi connectivity index (χ0) is 28.2. The van der Waals surface area contributed by atoms with Crippen molar-refractivity contribution in [3.63, 3.8) is 0 Å². The molecular weight excluding hydrogens is 510 g/mol. The molecule has 3 aromatic carbocycles. The molecule has 4 aromatic rings. The highest BCUT2D eigenvalue weighted by Crippen LogP contribution is 2.42. The van der Waals surface area contributed by atoms with Crippen LogP contribution in [0, 0.1) is 0 Å². The van der Waals surface area contributed by atoms with Crippen LogP contribution in [0.2, 0.25) is 0 Å². The zero-order valence-electron chi connectivity index (χ0n) is 23.0. The number of para-hydroxylation sites is 2. The molecule has 0 bridgehead atoms. The summed E-state index contributed by atoms with van der Waals surface area (Å²) in [5.41, 5.74) is 3.11. The summed E-state index contributed by atoms with van der Waals surface area (Å²) in [6.45, 7) is 4.36. The number of rotatable bonds is 9. The third-order valence-electron chi connectivity index (χ3n) is 6.61. The number of hydrogen-bond donors (Lipinski definition) is 2. The van der Waals surface area contributed by atoms with Gasteiger partial charge < -0.3 is 29.6 Å². The molecule has 40 heavy (non-hydrogen) atoms. The third-order valence-corrected chi connectivity index (χ3v) is 6.61. The Bertz CT molecular complexity index is 1560. The highest BCUT2D eigenvalue weighted by molar-refractivity contribution is 6.06. The van der Waals surface area contributed by atoms with Gasteiger partial charge in [-0.25, -0.2) is 4.68 Å². The minimum absolute atomic E-state index is 0.326. The number of carbonyl (C=O) groups is 1. The Morgan fingerprint density at radius 1 is 0.950 bits per heavy atom. The van der Waals surface area contributed by atoms with E-state index in [1.165, 1.54) is 0 Å². The van der Waals surface area contributed by atoms with E-state index in [-0.39, 0.29) is 5.91 Å². The number of anilines is 2. The first kappa shape index (κ1) is 26.6. The van der Waals surface area contributed by atoms with Crippen LogP contribution in [0.25, 0.3) is 11.4 Å². The lowest BCUT2D eigenvalue weighted by Crippen LogP contribution is -2.31. The molecule has 1 atom stereocenters. The lowest BCUT2D eigenvalue weighted by molar-refractivity contribution is -0.113. The molecule has 0 saturated heterocycles. The molecule has 0 spiro atoms. The summed E-state index contributed by atoms with van der Waals surface area (Å²) in [5.74, 6) is 3.17. The lowest BCUT2D eigenvalue weighted by Gasteiger charge is -2.29. The molecule has 0 aliphatic carbocycles. The Morgan fingerprint density at radius 2 is 1.68 bits per heavy atom. The summed E-state index contributed by atoms with van der Waals surface area (Å²) in [5, 5.41) is 11.1. The second-order valence-electron chi connectivity index (χ2n) is 8.99. The average Bonchev–Trinajstić information content (AvgIpc) is 3.40. The van der Waals surface area contributed by atoms with Gasteiger partial charge in [-0.2, -0.15) is 4.98 Å². The smallest absolute Gasteiger partial charge is 0.255 e. The number of benzene rings is 3. The summed E-state index contributed by atoms with van der Waals surface area (Å²) >= 11 is 0. The lowest BCUT2D eigenvalue weighted by atomic mass is 9.94. The van der Waals surface area contributed by atoms with E-state index >= 15 is 0 Å². The molecule has 0 radical (unpaired) electrons. The van der Waals surface area contributed by atoms with Gasteiger partial charge in [0.05, 0.1) is 39.2 Å². The first-order valence-corrected chi connectivity index (χ1v) is 12.8. The molecule has 10 heteroatoms. The Balaban J connectivity index is 1.63. The van der Waals surface area contributed by atoms with Crippen molar-refractivity contribution in [3.05, 3.63) is 83.6 Å². The minimum atomic E-state index is -0.681. The fraction of sp³-hybridized carbons (Fsp3) is 0.233. The second-order valence-corrected chi connectivity index (χ2v) is 8.99. The quantitative estimate of drug-likeness (QED) is 0.294. The minimum Gasteiger partial charge on any atom is -0.497 e. The van der Waals surface area contributed by atoms with Crippen LogP contribution in [0.3, 0.4) is 0 Å². The number of methoxy groups -OCH3 is 3. The van der Waals surface area contributed by atoms with Gasteiger partial charge in [-0.05, 0) is 68.4 Å². The average molecular weight is 542 g/mol. The standard InChI is InChI=1S/C30H31N5O5/c1-6-40-20-13-11-19(12-14-20)28-33-30-31-18(2)26(29(36)32-23-9-7-8-10-25(23)39-5)27(35(30)34-28)22-17-21(37-3)15-16-24(22)38-4/h7-17,27H,6H2,1-5H3,(H,32,36)(H,31,33,34). The fourth-order valence-corrected chi connectivity index (χ4v) is 4.71. The van der Waals surface area contributed by atoms with Crippen molar-refractivity contribution in [2.75, 3.05) is 38.6 Å². The first-order chi connectivity index (χ1) is 19.5. The predicted molar refractivity (Wildman–Crippen MR) is 152 cm³/mol. The molecule has 2 heterocycles. The maximum Gasteiger partial charge on any atom is 0.255 e. The maximum absolute atomic E-state index is 14.0. The molecule has 2 N–H and O–H groups in total. The van der Waals surface area contributed by atoms with Gasteiger partial charge in [0.15, 0.2) is 5.82 Å². The number of nitrogens with zero attached hydrogens (tertiary/aromatic N) is 3. The van der Waals surface area contributed by atoms with E-state index in [2.05, 4.69) is 10.6 Å². The van der Waals surface area contributed by atoms with E-state index < -0.39 is 6.04 Å². The maximum atomic E-state index is 14.0. The summed E-state index contributed by atoms with van der Waals surface area (Å²) in [6, 6.07) is 19.6. The second kappa shape index (κ2) is 11.4. The van der Waals surface area contributed by atoms with Gasteiger partial charge in [-0.1, -0.05) is 12.1 Å². The van der Waals surface area contributed by atoms with Crippen LogP contribution in [0.15, 0.2) is 78.0 Å². The molecule has 0 saturated carbocycles. The van der Waals surface area contributed by atoms with E-state index in [9.17, 15) is 4.79 Å². The Morgan fingerprint density at radius 3 is 2.38 bits per heavy atom. The van der Waals surface area contributed by atoms with Crippen LogP contribution in [-0.2, 0) is 4.79 Å². The number of ether oxygens (including phenoxy) is 4. The van der Waals surface area contributed by atoms with Gasteiger partial charge in [-0.3, -0.25) is 4.79 Å².